The lowest BCUT2D eigenvalue weighted by Gasteiger charge is -2.23. The van der Waals surface area contributed by atoms with Gasteiger partial charge in [0.1, 0.15) is 6.54 Å². The third kappa shape index (κ3) is 4.67. The standard InChI is InChI=1S/C17H23N3O3S/c1-13(2)9-11-18-16(21)12-20(24(3,22)23)15-8-4-6-14-7-5-10-19-17(14)15/h4-8,10,13H,9,11-12H2,1-3H3,(H,18,21). The van der Waals surface area contributed by atoms with Crippen molar-refractivity contribution in [2.45, 2.75) is 20.3 Å². The molecule has 1 N–H and O–H groups in total. The summed E-state index contributed by atoms with van der Waals surface area (Å²) in [6.07, 6.45) is 3.55. The smallest absolute Gasteiger partial charge is 0.240 e. The molecule has 0 atom stereocenters. The maximum atomic E-state index is 12.2. The monoisotopic (exact) mass is 349 g/mol. The number of rotatable bonds is 7. The zero-order valence-corrected chi connectivity index (χ0v) is 15.0. The molecule has 0 aliphatic heterocycles. The van der Waals surface area contributed by atoms with Crippen molar-refractivity contribution in [3.8, 4) is 0 Å². The van der Waals surface area contributed by atoms with Gasteiger partial charge in [-0.15, -0.1) is 0 Å². The lowest BCUT2D eigenvalue weighted by atomic mass is 10.1. The zero-order chi connectivity index (χ0) is 17.7. The Hall–Kier alpha value is -2.15. The summed E-state index contributed by atoms with van der Waals surface area (Å²) in [4.78, 5) is 16.4. The predicted octanol–water partition coefficient (Wildman–Crippen LogP) is 2.16. The van der Waals surface area contributed by atoms with Gasteiger partial charge in [0.2, 0.25) is 15.9 Å². The summed E-state index contributed by atoms with van der Waals surface area (Å²) in [6, 6.07) is 8.92. The molecule has 24 heavy (non-hydrogen) atoms. The van der Waals surface area contributed by atoms with Gasteiger partial charge in [-0.2, -0.15) is 0 Å². The van der Waals surface area contributed by atoms with Crippen LogP contribution in [0.15, 0.2) is 36.5 Å². The molecule has 2 rings (SSSR count). The van der Waals surface area contributed by atoms with E-state index in [0.29, 0.717) is 23.7 Å². The van der Waals surface area contributed by atoms with Gasteiger partial charge in [0.15, 0.2) is 0 Å². The number of benzene rings is 1. The van der Waals surface area contributed by atoms with E-state index in [9.17, 15) is 13.2 Å². The number of carbonyl (C=O) groups excluding carboxylic acids is 1. The number of hydrogen-bond acceptors (Lipinski definition) is 4. The SMILES string of the molecule is CC(C)CCNC(=O)CN(c1cccc2cccnc12)S(C)(=O)=O. The molecule has 1 aromatic heterocycles. The second-order valence-corrected chi connectivity index (χ2v) is 8.06. The van der Waals surface area contributed by atoms with Gasteiger partial charge < -0.3 is 5.32 Å². The highest BCUT2D eigenvalue weighted by Gasteiger charge is 2.23. The van der Waals surface area contributed by atoms with Crippen LogP contribution < -0.4 is 9.62 Å². The molecule has 1 heterocycles. The number of sulfonamides is 1. The van der Waals surface area contributed by atoms with Crippen molar-refractivity contribution in [3.63, 3.8) is 0 Å². The first-order valence-corrected chi connectivity index (χ1v) is 9.72. The molecule has 0 fully saturated rings. The first-order valence-electron chi connectivity index (χ1n) is 7.87. The maximum absolute atomic E-state index is 12.2. The summed E-state index contributed by atoms with van der Waals surface area (Å²) in [6.45, 7) is 4.40. The molecule has 1 amide bonds. The lowest BCUT2D eigenvalue weighted by molar-refractivity contribution is -0.119. The molecular formula is C17H23N3O3S. The summed E-state index contributed by atoms with van der Waals surface area (Å²) in [5, 5.41) is 3.59. The van der Waals surface area contributed by atoms with Crippen molar-refractivity contribution < 1.29 is 13.2 Å². The minimum atomic E-state index is -3.61. The fourth-order valence-electron chi connectivity index (χ4n) is 2.36. The number of fused-ring (bicyclic) bond motifs is 1. The molecule has 0 aliphatic rings. The van der Waals surface area contributed by atoms with Gasteiger partial charge >= 0.3 is 0 Å². The van der Waals surface area contributed by atoms with Gasteiger partial charge in [0.05, 0.1) is 17.5 Å². The van der Waals surface area contributed by atoms with E-state index in [0.717, 1.165) is 22.4 Å². The van der Waals surface area contributed by atoms with Crippen molar-refractivity contribution >= 4 is 32.5 Å². The molecule has 0 saturated carbocycles. The molecule has 0 bridgehead atoms. The number of nitrogens with zero attached hydrogens (tertiary/aromatic N) is 2. The van der Waals surface area contributed by atoms with Gasteiger partial charge in [0, 0.05) is 18.1 Å². The summed E-state index contributed by atoms with van der Waals surface area (Å²) in [7, 11) is -3.61. The maximum Gasteiger partial charge on any atom is 0.240 e. The largest absolute Gasteiger partial charge is 0.355 e. The van der Waals surface area contributed by atoms with Crippen LogP contribution in [0.1, 0.15) is 20.3 Å². The Morgan fingerprint density at radius 2 is 1.96 bits per heavy atom. The number of amides is 1. The first kappa shape index (κ1) is 18.2. The van der Waals surface area contributed by atoms with Crippen LogP contribution in [0.4, 0.5) is 5.69 Å². The minimum Gasteiger partial charge on any atom is -0.355 e. The fourth-order valence-corrected chi connectivity index (χ4v) is 3.21. The van der Waals surface area contributed by atoms with Crippen LogP contribution in [0.5, 0.6) is 0 Å². The summed E-state index contributed by atoms with van der Waals surface area (Å²) in [5.41, 5.74) is 0.968. The molecule has 0 saturated heterocycles. The van der Waals surface area contributed by atoms with E-state index in [1.807, 2.05) is 12.1 Å². The zero-order valence-electron chi connectivity index (χ0n) is 14.2. The van der Waals surface area contributed by atoms with Crippen molar-refractivity contribution in [1.29, 1.82) is 0 Å². The average molecular weight is 349 g/mol. The van der Waals surface area contributed by atoms with Gasteiger partial charge in [-0.05, 0) is 24.5 Å². The highest BCUT2D eigenvalue weighted by atomic mass is 32.2. The molecule has 7 heteroatoms. The van der Waals surface area contributed by atoms with E-state index in [2.05, 4.69) is 24.1 Å². The van der Waals surface area contributed by atoms with E-state index in [-0.39, 0.29) is 12.5 Å². The lowest BCUT2D eigenvalue weighted by Crippen LogP contribution is -2.41. The van der Waals surface area contributed by atoms with Crippen LogP contribution in [0.25, 0.3) is 10.9 Å². The number of hydrogen-bond donors (Lipinski definition) is 1. The fraction of sp³-hybridized carbons (Fsp3) is 0.412. The van der Waals surface area contributed by atoms with Crippen LogP contribution in [0, 0.1) is 5.92 Å². The Morgan fingerprint density at radius 1 is 1.25 bits per heavy atom. The number of carbonyl (C=O) groups is 1. The topological polar surface area (TPSA) is 79.4 Å². The second-order valence-electron chi connectivity index (χ2n) is 6.15. The van der Waals surface area contributed by atoms with Crippen molar-refractivity contribution in [2.24, 2.45) is 5.92 Å². The first-order chi connectivity index (χ1) is 11.3. The number of para-hydroxylation sites is 1. The quantitative estimate of drug-likeness (QED) is 0.831. The molecule has 0 unspecified atom stereocenters. The van der Waals surface area contributed by atoms with Crippen molar-refractivity contribution in [3.05, 3.63) is 36.5 Å². The molecular weight excluding hydrogens is 326 g/mol. The van der Waals surface area contributed by atoms with E-state index in [1.54, 1.807) is 24.4 Å². The van der Waals surface area contributed by atoms with Crippen LogP contribution >= 0.6 is 0 Å². The minimum absolute atomic E-state index is 0.257. The molecule has 130 valence electrons. The van der Waals surface area contributed by atoms with Crippen molar-refractivity contribution in [1.82, 2.24) is 10.3 Å². The molecule has 0 aliphatic carbocycles. The number of pyridine rings is 1. The number of nitrogens with one attached hydrogen (secondary N) is 1. The van der Waals surface area contributed by atoms with Crippen LogP contribution in [-0.4, -0.2) is 38.7 Å². The van der Waals surface area contributed by atoms with Gasteiger partial charge in [-0.1, -0.05) is 32.0 Å². The van der Waals surface area contributed by atoms with Crippen molar-refractivity contribution in [2.75, 3.05) is 23.7 Å². The molecule has 2 aromatic rings. The van der Waals surface area contributed by atoms with Crippen LogP contribution in [-0.2, 0) is 14.8 Å². The normalized spacial score (nSPS) is 11.7. The molecule has 6 nitrogen and oxygen atoms in total. The third-order valence-corrected chi connectivity index (χ3v) is 4.74. The molecule has 0 spiro atoms. The van der Waals surface area contributed by atoms with Crippen LogP contribution in [0.2, 0.25) is 0 Å². The Bertz CT molecular complexity index is 813. The highest BCUT2D eigenvalue weighted by molar-refractivity contribution is 7.92. The Balaban J connectivity index is 2.28. The van der Waals surface area contributed by atoms with Gasteiger partial charge in [0.25, 0.3) is 0 Å². The Kier molecular flexibility index (Phi) is 5.77. The third-order valence-electron chi connectivity index (χ3n) is 3.61. The number of anilines is 1. The van der Waals surface area contributed by atoms with Crippen LogP contribution in [0.3, 0.4) is 0 Å². The summed E-state index contributed by atoms with van der Waals surface area (Å²) >= 11 is 0. The van der Waals surface area contributed by atoms with E-state index in [1.165, 1.54) is 0 Å². The average Bonchev–Trinajstić information content (AvgIpc) is 2.51. The summed E-state index contributed by atoms with van der Waals surface area (Å²) < 4.78 is 25.5. The Labute approximate surface area is 142 Å². The predicted molar refractivity (Wildman–Crippen MR) is 96.4 cm³/mol. The molecule has 1 aromatic carbocycles. The second kappa shape index (κ2) is 7.61. The van der Waals surface area contributed by atoms with E-state index < -0.39 is 10.0 Å². The van der Waals surface area contributed by atoms with E-state index in [4.69, 9.17) is 0 Å². The highest BCUT2D eigenvalue weighted by Crippen LogP contribution is 2.26. The number of aromatic nitrogens is 1. The van der Waals surface area contributed by atoms with E-state index >= 15 is 0 Å². The Morgan fingerprint density at radius 3 is 2.62 bits per heavy atom. The van der Waals surface area contributed by atoms with Gasteiger partial charge in [-0.3, -0.25) is 14.1 Å². The van der Waals surface area contributed by atoms with Gasteiger partial charge in [-0.25, -0.2) is 8.42 Å². The summed E-state index contributed by atoms with van der Waals surface area (Å²) in [5.74, 6) is 0.146. The molecule has 0 radical (unpaired) electrons.